The summed E-state index contributed by atoms with van der Waals surface area (Å²) in [5.74, 6) is -0.744. The highest BCUT2D eigenvalue weighted by Gasteiger charge is 2.35. The van der Waals surface area contributed by atoms with Crippen LogP contribution in [0.15, 0.2) is 0 Å². The predicted octanol–water partition coefficient (Wildman–Crippen LogP) is -0.838. The Kier molecular flexibility index (Phi) is 4.05. The molecule has 6 heteroatoms. The third-order valence-electron chi connectivity index (χ3n) is 2.09. The first kappa shape index (κ1) is 11.9. The first-order valence-corrected chi connectivity index (χ1v) is 4.74. The summed E-state index contributed by atoms with van der Waals surface area (Å²) in [4.78, 5) is 21.7. The van der Waals surface area contributed by atoms with E-state index in [-0.39, 0.29) is 5.91 Å². The molecule has 0 aromatic carbocycles. The van der Waals surface area contributed by atoms with Crippen molar-refractivity contribution in [3.63, 3.8) is 0 Å². The van der Waals surface area contributed by atoms with Crippen LogP contribution in [0.25, 0.3) is 0 Å². The number of carbonyl (C=O) groups excluding carboxylic acids is 2. The Morgan fingerprint density at radius 1 is 1.47 bits per heavy atom. The molecule has 0 aromatic heterocycles. The van der Waals surface area contributed by atoms with Crippen LogP contribution >= 0.6 is 0 Å². The summed E-state index contributed by atoms with van der Waals surface area (Å²) in [6.07, 6.45) is -1.20. The smallest absolute Gasteiger partial charge is 0.302 e. The molecule has 3 atom stereocenters. The molecular weight excluding hydrogens is 202 g/mol. The summed E-state index contributed by atoms with van der Waals surface area (Å²) < 4.78 is 9.93. The molecule has 1 saturated heterocycles. The topological polar surface area (TPSA) is 84.9 Å². The largest absolute Gasteiger partial charge is 0.460 e. The minimum Gasteiger partial charge on any atom is -0.460 e. The van der Waals surface area contributed by atoms with Gasteiger partial charge in [0.05, 0.1) is 6.61 Å². The van der Waals surface area contributed by atoms with E-state index in [1.807, 2.05) is 0 Å². The molecule has 1 amide bonds. The van der Waals surface area contributed by atoms with E-state index < -0.39 is 24.4 Å². The van der Waals surface area contributed by atoms with Crippen LogP contribution in [0.1, 0.15) is 20.3 Å². The third kappa shape index (κ3) is 3.49. The molecule has 0 saturated carbocycles. The van der Waals surface area contributed by atoms with Gasteiger partial charge in [0, 0.05) is 20.3 Å². The molecule has 0 unspecified atom stereocenters. The number of hydrogen-bond donors (Lipinski definition) is 2. The number of hydrogen-bond acceptors (Lipinski definition) is 5. The standard InChI is InChI=1S/C9H15NO5/c1-5(11)10-8-7(15-6(2)12)3-4-14-9(8)13/h7-9,13H,3-4H2,1-2H3,(H,10,11)/t7-,8+,9+/m0/s1. The van der Waals surface area contributed by atoms with Crippen molar-refractivity contribution in [1.82, 2.24) is 5.32 Å². The molecular formula is C9H15NO5. The summed E-state index contributed by atoms with van der Waals surface area (Å²) in [5, 5.41) is 12.0. The van der Waals surface area contributed by atoms with Crippen molar-refractivity contribution in [2.75, 3.05) is 6.61 Å². The number of carbonyl (C=O) groups is 2. The van der Waals surface area contributed by atoms with Gasteiger partial charge in [-0.3, -0.25) is 9.59 Å². The minimum atomic E-state index is -1.13. The van der Waals surface area contributed by atoms with Gasteiger partial charge in [-0.2, -0.15) is 0 Å². The number of nitrogens with one attached hydrogen (secondary N) is 1. The van der Waals surface area contributed by atoms with Crippen LogP contribution in [0.5, 0.6) is 0 Å². The number of rotatable bonds is 2. The Morgan fingerprint density at radius 3 is 2.67 bits per heavy atom. The van der Waals surface area contributed by atoms with Gasteiger partial charge in [0.2, 0.25) is 5.91 Å². The maximum absolute atomic E-state index is 10.9. The molecule has 6 nitrogen and oxygen atoms in total. The van der Waals surface area contributed by atoms with E-state index in [0.717, 1.165) is 0 Å². The molecule has 1 aliphatic heterocycles. The lowest BCUT2D eigenvalue weighted by molar-refractivity contribution is -0.191. The Balaban J connectivity index is 2.63. The Hall–Kier alpha value is -1.14. The van der Waals surface area contributed by atoms with Crippen molar-refractivity contribution in [2.24, 2.45) is 0 Å². The van der Waals surface area contributed by atoms with Crippen molar-refractivity contribution in [3.8, 4) is 0 Å². The van der Waals surface area contributed by atoms with Gasteiger partial charge in [0.1, 0.15) is 12.1 Å². The van der Waals surface area contributed by atoms with Crippen molar-refractivity contribution in [2.45, 2.75) is 38.7 Å². The number of aliphatic hydroxyl groups is 1. The monoisotopic (exact) mass is 217 g/mol. The van der Waals surface area contributed by atoms with Gasteiger partial charge in [-0.05, 0) is 0 Å². The second kappa shape index (κ2) is 5.09. The zero-order valence-electron chi connectivity index (χ0n) is 8.73. The molecule has 1 rings (SSSR count). The molecule has 2 N–H and O–H groups in total. The minimum absolute atomic E-state index is 0.301. The van der Waals surface area contributed by atoms with Crippen LogP contribution in [0.4, 0.5) is 0 Å². The van der Waals surface area contributed by atoms with E-state index in [2.05, 4.69) is 5.32 Å². The molecule has 0 aromatic rings. The van der Waals surface area contributed by atoms with Crippen LogP contribution in [0.3, 0.4) is 0 Å². The van der Waals surface area contributed by atoms with Crippen molar-refractivity contribution in [3.05, 3.63) is 0 Å². The molecule has 0 spiro atoms. The quantitative estimate of drug-likeness (QED) is 0.589. The van der Waals surface area contributed by atoms with Crippen molar-refractivity contribution in [1.29, 1.82) is 0 Å². The van der Waals surface area contributed by atoms with Gasteiger partial charge in [-0.25, -0.2) is 0 Å². The number of amides is 1. The average Bonchev–Trinajstić information content (AvgIpc) is 2.09. The van der Waals surface area contributed by atoms with Gasteiger partial charge in [0.25, 0.3) is 0 Å². The lowest BCUT2D eigenvalue weighted by atomic mass is 10.1. The highest BCUT2D eigenvalue weighted by atomic mass is 16.6. The predicted molar refractivity (Wildman–Crippen MR) is 49.7 cm³/mol. The molecule has 86 valence electrons. The fourth-order valence-electron chi connectivity index (χ4n) is 1.52. The van der Waals surface area contributed by atoms with E-state index in [0.29, 0.717) is 13.0 Å². The normalized spacial score (nSPS) is 30.7. The number of esters is 1. The Bertz CT molecular complexity index is 255. The number of ether oxygens (including phenoxy) is 2. The summed E-state index contributed by atoms with van der Waals surface area (Å²) >= 11 is 0. The van der Waals surface area contributed by atoms with Crippen molar-refractivity contribution < 1.29 is 24.2 Å². The van der Waals surface area contributed by atoms with Gasteiger partial charge < -0.3 is 19.9 Å². The van der Waals surface area contributed by atoms with E-state index >= 15 is 0 Å². The first-order valence-electron chi connectivity index (χ1n) is 4.74. The lowest BCUT2D eigenvalue weighted by Gasteiger charge is -2.34. The van der Waals surface area contributed by atoms with Crippen molar-refractivity contribution >= 4 is 11.9 Å². The van der Waals surface area contributed by atoms with Gasteiger partial charge in [-0.15, -0.1) is 0 Å². The SMILES string of the molecule is CC(=O)N[C@H]1[C@H](O)OCC[C@@H]1OC(C)=O. The molecule has 0 radical (unpaired) electrons. The summed E-state index contributed by atoms with van der Waals surface area (Å²) in [5.41, 5.74) is 0. The zero-order chi connectivity index (χ0) is 11.4. The average molecular weight is 217 g/mol. The highest BCUT2D eigenvalue weighted by Crippen LogP contribution is 2.16. The molecule has 1 aliphatic rings. The fraction of sp³-hybridized carbons (Fsp3) is 0.778. The van der Waals surface area contributed by atoms with E-state index in [4.69, 9.17) is 9.47 Å². The first-order chi connectivity index (χ1) is 7.00. The fourth-order valence-corrected chi connectivity index (χ4v) is 1.52. The van der Waals surface area contributed by atoms with Gasteiger partial charge in [0.15, 0.2) is 6.29 Å². The summed E-state index contributed by atoms with van der Waals surface area (Å²) in [6, 6.07) is -0.694. The van der Waals surface area contributed by atoms with Crippen LogP contribution in [0, 0.1) is 0 Å². The van der Waals surface area contributed by atoms with Crippen LogP contribution < -0.4 is 5.32 Å². The second-order valence-electron chi connectivity index (χ2n) is 3.42. The molecule has 0 bridgehead atoms. The maximum atomic E-state index is 10.9. The molecule has 0 aliphatic carbocycles. The molecule has 1 heterocycles. The number of aliphatic hydroxyl groups excluding tert-OH is 1. The third-order valence-corrected chi connectivity index (χ3v) is 2.09. The molecule has 15 heavy (non-hydrogen) atoms. The second-order valence-corrected chi connectivity index (χ2v) is 3.42. The lowest BCUT2D eigenvalue weighted by Crippen LogP contribution is -2.55. The zero-order valence-corrected chi connectivity index (χ0v) is 8.73. The van der Waals surface area contributed by atoms with E-state index in [9.17, 15) is 14.7 Å². The summed E-state index contributed by atoms with van der Waals surface area (Å²) in [7, 11) is 0. The molecule has 1 fully saturated rings. The van der Waals surface area contributed by atoms with Crippen LogP contribution in [0.2, 0.25) is 0 Å². The Morgan fingerprint density at radius 2 is 2.13 bits per heavy atom. The Labute approximate surface area is 87.5 Å². The van der Waals surface area contributed by atoms with Crippen LogP contribution in [-0.4, -0.2) is 42.0 Å². The van der Waals surface area contributed by atoms with Gasteiger partial charge in [-0.1, -0.05) is 0 Å². The summed E-state index contributed by atoms with van der Waals surface area (Å²) in [6.45, 7) is 2.91. The van der Waals surface area contributed by atoms with E-state index in [1.54, 1.807) is 0 Å². The van der Waals surface area contributed by atoms with Gasteiger partial charge >= 0.3 is 5.97 Å². The van der Waals surface area contributed by atoms with E-state index in [1.165, 1.54) is 13.8 Å². The maximum Gasteiger partial charge on any atom is 0.302 e. The van der Waals surface area contributed by atoms with Crippen LogP contribution in [-0.2, 0) is 19.1 Å². The highest BCUT2D eigenvalue weighted by molar-refractivity contribution is 5.73.